The molecule has 42 heavy (non-hydrogen) atoms. The summed E-state index contributed by atoms with van der Waals surface area (Å²) >= 11 is 0. The normalized spacial score (nSPS) is 13.0. The molecule has 0 fully saturated rings. The second-order valence-corrected chi connectivity index (χ2v) is 11.8. The lowest BCUT2D eigenvalue weighted by molar-refractivity contribution is -0.150. The third kappa shape index (κ3) is 6.82. The molecule has 1 N–H and O–H groups in total. The van der Waals surface area contributed by atoms with Gasteiger partial charge in [-0.3, -0.25) is 0 Å². The summed E-state index contributed by atoms with van der Waals surface area (Å²) in [5, 5.41) is 2.75. The number of amides is 1. The minimum atomic E-state index is -0.884. The molecule has 4 aromatic carbocycles. The fraction of sp³-hybridized carbons (Fsp3) is 0.278. The van der Waals surface area contributed by atoms with Gasteiger partial charge in [0.25, 0.3) is 0 Å². The van der Waals surface area contributed by atoms with Crippen molar-refractivity contribution in [3.8, 4) is 16.9 Å². The molecule has 1 atom stereocenters. The van der Waals surface area contributed by atoms with E-state index in [1.54, 1.807) is 0 Å². The highest BCUT2D eigenvalue weighted by molar-refractivity contribution is 5.82. The minimum Gasteiger partial charge on any atom is -0.489 e. The predicted octanol–water partition coefficient (Wildman–Crippen LogP) is 7.57. The Kier molecular flexibility index (Phi) is 8.62. The Morgan fingerprint density at radius 1 is 0.738 bits per heavy atom. The van der Waals surface area contributed by atoms with Gasteiger partial charge in [-0.1, -0.05) is 111 Å². The van der Waals surface area contributed by atoms with E-state index in [0.29, 0.717) is 6.61 Å². The molecule has 216 valence electrons. The Morgan fingerprint density at radius 2 is 1.29 bits per heavy atom. The van der Waals surface area contributed by atoms with Crippen LogP contribution in [0.4, 0.5) is 4.79 Å². The van der Waals surface area contributed by atoms with Gasteiger partial charge in [0.1, 0.15) is 31.6 Å². The van der Waals surface area contributed by atoms with Gasteiger partial charge in [0.05, 0.1) is 0 Å². The molecule has 1 aliphatic carbocycles. The predicted molar refractivity (Wildman–Crippen MR) is 163 cm³/mol. The van der Waals surface area contributed by atoms with Crippen LogP contribution in [0.3, 0.4) is 0 Å². The van der Waals surface area contributed by atoms with Crippen LogP contribution in [0.2, 0.25) is 0 Å². The van der Waals surface area contributed by atoms with Crippen LogP contribution in [0, 0.1) is 12.3 Å². The van der Waals surface area contributed by atoms with Crippen molar-refractivity contribution in [2.24, 2.45) is 5.41 Å². The Bertz CT molecular complexity index is 1490. The smallest absolute Gasteiger partial charge is 0.407 e. The Balaban J connectivity index is 1.14. The maximum absolute atomic E-state index is 13.1. The molecule has 0 bridgehead atoms. The van der Waals surface area contributed by atoms with Crippen molar-refractivity contribution in [2.75, 3.05) is 6.61 Å². The molecule has 0 saturated carbocycles. The topological polar surface area (TPSA) is 73.9 Å². The molecule has 1 aliphatic rings. The Labute approximate surface area is 247 Å². The molecule has 0 saturated heterocycles. The van der Waals surface area contributed by atoms with Crippen LogP contribution in [-0.2, 0) is 27.5 Å². The first-order chi connectivity index (χ1) is 20.2. The van der Waals surface area contributed by atoms with E-state index in [-0.39, 0.29) is 19.1 Å². The van der Waals surface area contributed by atoms with E-state index in [2.05, 4.69) is 48.6 Å². The quantitative estimate of drug-likeness (QED) is 0.213. The first kappa shape index (κ1) is 28.9. The standard InChI is InChI=1S/C36H37NO5/c1-24-13-15-25(16-14-24)21-40-27-19-17-26(18-20-27)22-41-34(38)33(36(2,3)4)37-35(39)42-23-32-30-11-7-5-9-28(30)29-10-6-8-12-31(29)32/h5-20,32-33H,21-23H2,1-4H3,(H,37,39)/t33-/m1/s1. The van der Waals surface area contributed by atoms with E-state index >= 15 is 0 Å². The number of fused-ring (bicyclic) bond motifs is 3. The van der Waals surface area contributed by atoms with Crippen LogP contribution in [0.1, 0.15) is 54.5 Å². The summed E-state index contributed by atoms with van der Waals surface area (Å²) in [5.74, 6) is 0.151. The van der Waals surface area contributed by atoms with Gasteiger partial charge in [-0.05, 0) is 57.9 Å². The number of rotatable bonds is 9. The van der Waals surface area contributed by atoms with Crippen molar-refractivity contribution in [3.05, 3.63) is 125 Å². The average molecular weight is 564 g/mol. The molecule has 0 radical (unpaired) electrons. The summed E-state index contributed by atoms with van der Waals surface area (Å²) in [6.45, 7) is 8.41. The third-order valence-corrected chi connectivity index (χ3v) is 7.54. The van der Waals surface area contributed by atoms with Gasteiger partial charge in [0.15, 0.2) is 0 Å². The number of carbonyl (C=O) groups excluding carboxylic acids is 2. The molecule has 1 amide bonds. The van der Waals surface area contributed by atoms with Crippen molar-refractivity contribution in [1.82, 2.24) is 5.32 Å². The maximum Gasteiger partial charge on any atom is 0.407 e. The van der Waals surface area contributed by atoms with E-state index in [4.69, 9.17) is 14.2 Å². The SMILES string of the molecule is Cc1ccc(COc2ccc(COC(=O)[C@@H](NC(=O)OCC3c4ccccc4-c4ccccc43)C(C)(C)C)cc2)cc1. The van der Waals surface area contributed by atoms with Crippen molar-refractivity contribution < 1.29 is 23.8 Å². The molecule has 0 unspecified atom stereocenters. The zero-order chi connectivity index (χ0) is 29.7. The van der Waals surface area contributed by atoms with Crippen molar-refractivity contribution >= 4 is 12.1 Å². The van der Waals surface area contributed by atoms with Gasteiger partial charge < -0.3 is 19.5 Å². The second kappa shape index (κ2) is 12.5. The van der Waals surface area contributed by atoms with Crippen LogP contribution in [0.25, 0.3) is 11.1 Å². The lowest BCUT2D eigenvalue weighted by Crippen LogP contribution is -2.50. The lowest BCUT2D eigenvalue weighted by Gasteiger charge is -2.29. The summed E-state index contributed by atoms with van der Waals surface area (Å²) in [7, 11) is 0. The summed E-state index contributed by atoms with van der Waals surface area (Å²) < 4.78 is 17.2. The molecule has 5 rings (SSSR count). The average Bonchev–Trinajstić information content (AvgIpc) is 3.31. The van der Waals surface area contributed by atoms with Crippen LogP contribution in [-0.4, -0.2) is 24.7 Å². The molecule has 0 heterocycles. The molecule has 0 spiro atoms. The van der Waals surface area contributed by atoms with Crippen LogP contribution in [0.15, 0.2) is 97.1 Å². The van der Waals surface area contributed by atoms with Crippen LogP contribution >= 0.6 is 0 Å². The van der Waals surface area contributed by atoms with Crippen molar-refractivity contribution in [1.29, 1.82) is 0 Å². The van der Waals surface area contributed by atoms with Crippen LogP contribution < -0.4 is 10.1 Å². The molecular weight excluding hydrogens is 526 g/mol. The Morgan fingerprint density at radius 3 is 1.88 bits per heavy atom. The van der Waals surface area contributed by atoms with Gasteiger partial charge in [-0.25, -0.2) is 9.59 Å². The van der Waals surface area contributed by atoms with Crippen LogP contribution in [0.5, 0.6) is 5.75 Å². The van der Waals surface area contributed by atoms with E-state index in [0.717, 1.165) is 39.1 Å². The first-order valence-electron chi connectivity index (χ1n) is 14.2. The summed E-state index contributed by atoms with van der Waals surface area (Å²) in [4.78, 5) is 26.0. The fourth-order valence-corrected chi connectivity index (χ4v) is 5.16. The number of alkyl carbamates (subject to hydrolysis) is 1. The molecule has 6 heteroatoms. The van der Waals surface area contributed by atoms with E-state index in [9.17, 15) is 9.59 Å². The maximum atomic E-state index is 13.1. The molecule has 0 aliphatic heterocycles. The van der Waals surface area contributed by atoms with E-state index < -0.39 is 23.5 Å². The zero-order valence-electron chi connectivity index (χ0n) is 24.6. The number of nitrogens with one attached hydrogen (secondary N) is 1. The first-order valence-corrected chi connectivity index (χ1v) is 14.2. The number of benzene rings is 4. The third-order valence-electron chi connectivity index (χ3n) is 7.54. The van der Waals surface area contributed by atoms with E-state index in [1.807, 2.05) is 81.4 Å². The molecular formula is C36H37NO5. The van der Waals surface area contributed by atoms with E-state index in [1.165, 1.54) is 5.56 Å². The number of hydrogen-bond acceptors (Lipinski definition) is 5. The highest BCUT2D eigenvalue weighted by atomic mass is 16.6. The largest absolute Gasteiger partial charge is 0.489 e. The molecule has 6 nitrogen and oxygen atoms in total. The molecule has 0 aromatic heterocycles. The number of esters is 1. The van der Waals surface area contributed by atoms with Crippen molar-refractivity contribution in [3.63, 3.8) is 0 Å². The highest BCUT2D eigenvalue weighted by Gasteiger charge is 2.35. The van der Waals surface area contributed by atoms with Gasteiger partial charge in [-0.2, -0.15) is 0 Å². The fourth-order valence-electron chi connectivity index (χ4n) is 5.16. The zero-order valence-corrected chi connectivity index (χ0v) is 24.6. The second-order valence-electron chi connectivity index (χ2n) is 11.8. The van der Waals surface area contributed by atoms with Gasteiger partial charge in [-0.15, -0.1) is 0 Å². The summed E-state index contributed by atoms with van der Waals surface area (Å²) in [5.41, 5.74) is 7.11. The van der Waals surface area contributed by atoms with Gasteiger partial charge in [0.2, 0.25) is 0 Å². The lowest BCUT2D eigenvalue weighted by atomic mass is 9.87. The van der Waals surface area contributed by atoms with Gasteiger partial charge >= 0.3 is 12.1 Å². The van der Waals surface area contributed by atoms with Gasteiger partial charge in [0, 0.05) is 5.92 Å². The summed E-state index contributed by atoms with van der Waals surface area (Å²) in [6.07, 6.45) is -0.649. The highest BCUT2D eigenvalue weighted by Crippen LogP contribution is 2.44. The minimum absolute atomic E-state index is 0.0629. The monoisotopic (exact) mass is 563 g/mol. The number of carbonyl (C=O) groups is 2. The molecule has 4 aromatic rings. The summed E-state index contributed by atoms with van der Waals surface area (Å²) in [6, 6.07) is 31.1. The number of hydrogen-bond donors (Lipinski definition) is 1. The Hall–Kier alpha value is -4.58. The number of ether oxygens (including phenoxy) is 3. The van der Waals surface area contributed by atoms with Crippen molar-refractivity contribution in [2.45, 2.75) is 52.9 Å². The number of aryl methyl sites for hydroxylation is 1.